The first-order valence-electron chi connectivity index (χ1n) is 7.38. The highest BCUT2D eigenvalue weighted by atomic mass is 127. The van der Waals surface area contributed by atoms with Crippen LogP contribution in [0.1, 0.15) is 11.3 Å². The van der Waals surface area contributed by atoms with Gasteiger partial charge in [-0.25, -0.2) is 4.98 Å². The lowest BCUT2D eigenvalue weighted by Gasteiger charge is -2.10. The number of aromatic nitrogens is 2. The second-order valence-electron chi connectivity index (χ2n) is 5.33. The third kappa shape index (κ3) is 4.68. The molecule has 122 valence electrons. The van der Waals surface area contributed by atoms with Gasteiger partial charge in [-0.2, -0.15) is 0 Å². The van der Waals surface area contributed by atoms with Crippen LogP contribution in [0.25, 0.3) is 5.65 Å². The number of imidazole rings is 1. The average molecular weight is 423 g/mol. The number of fused-ring (bicyclic) bond motifs is 1. The van der Waals surface area contributed by atoms with Crippen LogP contribution in [0.4, 0.5) is 0 Å². The Morgan fingerprint density at radius 1 is 1.09 bits per heavy atom. The highest BCUT2D eigenvalue weighted by Crippen LogP contribution is 2.21. The van der Waals surface area contributed by atoms with Gasteiger partial charge in [0.05, 0.1) is 11.9 Å². The molecule has 0 aliphatic rings. The number of pyridine rings is 1. The Bertz CT molecular complexity index is 725. The SMILES string of the molecule is CI.CN(C)Cc1cnc2c(OCc3ccccc3)cccn12. The first-order chi connectivity index (χ1) is 11.2. The second kappa shape index (κ2) is 8.88. The Hall–Kier alpha value is -1.60. The molecule has 0 saturated carbocycles. The van der Waals surface area contributed by atoms with E-state index in [1.54, 1.807) is 0 Å². The summed E-state index contributed by atoms with van der Waals surface area (Å²) in [5, 5.41) is 0. The zero-order valence-corrected chi connectivity index (χ0v) is 15.9. The van der Waals surface area contributed by atoms with E-state index in [-0.39, 0.29) is 0 Å². The number of hydrogen-bond acceptors (Lipinski definition) is 3. The molecule has 0 bridgehead atoms. The van der Waals surface area contributed by atoms with Crippen LogP contribution >= 0.6 is 22.6 Å². The van der Waals surface area contributed by atoms with Gasteiger partial charge in [0.25, 0.3) is 0 Å². The van der Waals surface area contributed by atoms with Crippen molar-refractivity contribution in [3.8, 4) is 5.75 Å². The predicted molar refractivity (Wildman–Crippen MR) is 103 cm³/mol. The van der Waals surface area contributed by atoms with Crippen molar-refractivity contribution in [1.29, 1.82) is 0 Å². The Labute approximate surface area is 151 Å². The number of alkyl halides is 1. The average Bonchev–Trinajstić information content (AvgIpc) is 2.99. The smallest absolute Gasteiger partial charge is 0.179 e. The van der Waals surface area contributed by atoms with E-state index in [0.717, 1.165) is 29.2 Å². The van der Waals surface area contributed by atoms with E-state index in [9.17, 15) is 0 Å². The third-order valence-electron chi connectivity index (χ3n) is 3.29. The second-order valence-corrected chi connectivity index (χ2v) is 5.33. The molecule has 0 aliphatic carbocycles. The van der Waals surface area contributed by atoms with Gasteiger partial charge >= 0.3 is 0 Å². The van der Waals surface area contributed by atoms with E-state index < -0.39 is 0 Å². The zero-order valence-electron chi connectivity index (χ0n) is 13.7. The van der Waals surface area contributed by atoms with Crippen LogP contribution in [0.2, 0.25) is 0 Å². The van der Waals surface area contributed by atoms with E-state index in [0.29, 0.717) is 6.61 Å². The summed E-state index contributed by atoms with van der Waals surface area (Å²) in [4.78, 5) is 8.59. The van der Waals surface area contributed by atoms with Crippen molar-refractivity contribution >= 4 is 28.2 Å². The molecule has 2 aromatic heterocycles. The first-order valence-corrected chi connectivity index (χ1v) is 9.54. The zero-order chi connectivity index (χ0) is 16.7. The molecule has 0 aliphatic heterocycles. The summed E-state index contributed by atoms with van der Waals surface area (Å²) in [6.07, 6.45) is 3.93. The van der Waals surface area contributed by atoms with Crippen LogP contribution in [0.15, 0.2) is 54.9 Å². The van der Waals surface area contributed by atoms with Crippen LogP contribution in [0.3, 0.4) is 0 Å². The van der Waals surface area contributed by atoms with Crippen molar-refractivity contribution in [2.75, 3.05) is 19.0 Å². The van der Waals surface area contributed by atoms with Crippen molar-refractivity contribution in [3.05, 3.63) is 66.1 Å². The van der Waals surface area contributed by atoms with Crippen molar-refractivity contribution in [2.45, 2.75) is 13.2 Å². The van der Waals surface area contributed by atoms with Gasteiger partial charge in [-0.05, 0) is 36.7 Å². The van der Waals surface area contributed by atoms with Gasteiger partial charge in [0, 0.05) is 12.7 Å². The fourth-order valence-electron chi connectivity index (χ4n) is 2.32. The molecule has 23 heavy (non-hydrogen) atoms. The molecule has 2 heterocycles. The van der Waals surface area contributed by atoms with Crippen LogP contribution in [-0.4, -0.2) is 33.3 Å². The molecule has 4 nitrogen and oxygen atoms in total. The summed E-state index contributed by atoms with van der Waals surface area (Å²) in [5.74, 6) is 0.811. The van der Waals surface area contributed by atoms with Crippen molar-refractivity contribution in [3.63, 3.8) is 0 Å². The molecule has 0 N–H and O–H groups in total. The molecule has 3 rings (SSSR count). The van der Waals surface area contributed by atoms with Crippen molar-refractivity contribution < 1.29 is 4.74 Å². The molecule has 0 amide bonds. The Morgan fingerprint density at radius 2 is 1.83 bits per heavy atom. The lowest BCUT2D eigenvalue weighted by atomic mass is 10.2. The van der Waals surface area contributed by atoms with Crippen LogP contribution in [0, 0.1) is 0 Å². The molecular weight excluding hydrogens is 401 g/mol. The highest BCUT2D eigenvalue weighted by molar-refractivity contribution is 14.1. The quantitative estimate of drug-likeness (QED) is 0.459. The molecule has 0 saturated heterocycles. The third-order valence-corrected chi connectivity index (χ3v) is 3.29. The molecule has 0 atom stereocenters. The Kier molecular flexibility index (Phi) is 6.85. The maximum atomic E-state index is 5.93. The minimum Gasteiger partial charge on any atom is -0.485 e. The summed E-state index contributed by atoms with van der Waals surface area (Å²) < 4.78 is 8.01. The van der Waals surface area contributed by atoms with Gasteiger partial charge in [-0.15, -0.1) is 0 Å². The summed E-state index contributed by atoms with van der Waals surface area (Å²) in [6.45, 7) is 1.40. The normalized spacial score (nSPS) is 10.5. The molecule has 0 spiro atoms. The fourth-order valence-corrected chi connectivity index (χ4v) is 2.32. The number of benzene rings is 1. The lowest BCUT2D eigenvalue weighted by molar-refractivity contribution is 0.308. The topological polar surface area (TPSA) is 29.8 Å². The molecular formula is C18H22IN3O. The number of rotatable bonds is 5. The van der Waals surface area contributed by atoms with Gasteiger partial charge in [0.15, 0.2) is 11.4 Å². The maximum absolute atomic E-state index is 5.93. The highest BCUT2D eigenvalue weighted by Gasteiger charge is 2.09. The minimum absolute atomic E-state index is 0.552. The van der Waals surface area contributed by atoms with E-state index in [4.69, 9.17) is 4.74 Å². The summed E-state index contributed by atoms with van der Waals surface area (Å²) >= 11 is 2.15. The lowest BCUT2D eigenvalue weighted by Crippen LogP contribution is -2.12. The maximum Gasteiger partial charge on any atom is 0.179 e. The predicted octanol–water partition coefficient (Wildman–Crippen LogP) is 4.03. The number of nitrogens with zero attached hydrogens (tertiary/aromatic N) is 3. The summed E-state index contributed by atoms with van der Waals surface area (Å²) in [7, 11) is 4.10. The van der Waals surface area contributed by atoms with Gasteiger partial charge in [-0.1, -0.05) is 52.9 Å². The van der Waals surface area contributed by atoms with Crippen molar-refractivity contribution in [2.24, 2.45) is 0 Å². The van der Waals surface area contributed by atoms with Gasteiger partial charge in [-0.3, -0.25) is 4.40 Å². The standard InChI is InChI=1S/C17H19N3O.CH3I/c1-19(2)12-15-11-18-17-16(9-6-10-20(15)17)21-13-14-7-4-3-5-8-14;1-2/h3-11H,12-13H2,1-2H3;1H3. The van der Waals surface area contributed by atoms with E-state index in [1.807, 2.05) is 47.7 Å². The number of halogens is 1. The summed E-state index contributed by atoms with van der Waals surface area (Å²) in [6, 6.07) is 14.1. The fraction of sp³-hybridized carbons (Fsp3) is 0.278. The van der Waals surface area contributed by atoms with E-state index in [2.05, 4.69) is 63.1 Å². The first kappa shape index (κ1) is 17.7. The largest absolute Gasteiger partial charge is 0.485 e. The molecule has 0 fully saturated rings. The Morgan fingerprint density at radius 3 is 2.52 bits per heavy atom. The van der Waals surface area contributed by atoms with E-state index in [1.165, 1.54) is 0 Å². The molecule has 3 aromatic rings. The molecule has 1 aromatic carbocycles. The summed E-state index contributed by atoms with van der Waals surface area (Å²) in [5.41, 5.74) is 3.17. The van der Waals surface area contributed by atoms with E-state index >= 15 is 0 Å². The molecule has 0 radical (unpaired) electrons. The van der Waals surface area contributed by atoms with Crippen LogP contribution in [-0.2, 0) is 13.2 Å². The monoisotopic (exact) mass is 423 g/mol. The number of hydrogen-bond donors (Lipinski definition) is 0. The van der Waals surface area contributed by atoms with Gasteiger partial charge in [0.2, 0.25) is 0 Å². The van der Waals surface area contributed by atoms with Gasteiger partial charge < -0.3 is 9.64 Å². The molecule has 5 heteroatoms. The van der Waals surface area contributed by atoms with Crippen molar-refractivity contribution in [1.82, 2.24) is 14.3 Å². The minimum atomic E-state index is 0.552. The number of ether oxygens (including phenoxy) is 1. The van der Waals surface area contributed by atoms with Gasteiger partial charge in [0.1, 0.15) is 6.61 Å². The van der Waals surface area contributed by atoms with Crippen LogP contribution < -0.4 is 4.74 Å². The Balaban J connectivity index is 0.000000924. The molecule has 0 unspecified atom stereocenters. The van der Waals surface area contributed by atoms with Crippen LogP contribution in [0.5, 0.6) is 5.75 Å².